The molecule has 0 N–H and O–H groups in total. The highest BCUT2D eigenvalue weighted by Gasteiger charge is 2.25. The average Bonchev–Trinajstić information content (AvgIpc) is 3.12. The molecule has 3 rings (SSSR count). The molecule has 1 amide bonds. The zero-order valence-electron chi connectivity index (χ0n) is 15.2. The predicted molar refractivity (Wildman–Crippen MR) is 93.0 cm³/mol. The molecule has 1 atom stereocenters. The van der Waals surface area contributed by atoms with Gasteiger partial charge < -0.3 is 14.2 Å². The summed E-state index contributed by atoms with van der Waals surface area (Å²) in [6, 6.07) is 6.23. The van der Waals surface area contributed by atoms with Crippen LogP contribution >= 0.6 is 0 Å². The quantitative estimate of drug-likeness (QED) is 0.790. The molecule has 0 bridgehead atoms. The van der Waals surface area contributed by atoms with Crippen molar-refractivity contribution in [1.29, 1.82) is 0 Å². The molecule has 1 unspecified atom stereocenters. The van der Waals surface area contributed by atoms with E-state index in [1.54, 1.807) is 12.1 Å². The van der Waals surface area contributed by atoms with E-state index in [0.717, 1.165) is 5.56 Å². The number of benzene rings is 1. The molecule has 2 heterocycles. The van der Waals surface area contributed by atoms with Gasteiger partial charge in [-0.3, -0.25) is 4.79 Å². The molecule has 0 radical (unpaired) electrons. The maximum atomic E-state index is 13.1. The Labute approximate surface area is 152 Å². The molecule has 1 aromatic heterocycles. The Hall–Kier alpha value is -2.28. The van der Waals surface area contributed by atoms with E-state index in [1.807, 2.05) is 18.7 Å². The van der Waals surface area contributed by atoms with E-state index in [-0.39, 0.29) is 23.7 Å². The van der Waals surface area contributed by atoms with E-state index in [1.165, 1.54) is 12.1 Å². The van der Waals surface area contributed by atoms with Crippen LogP contribution in [-0.4, -0.2) is 40.6 Å². The Bertz CT molecular complexity index is 730. The molecule has 1 aromatic carbocycles. The number of hydrogen-bond donors (Lipinski definition) is 0. The molecule has 0 saturated carbocycles. The van der Waals surface area contributed by atoms with Crippen LogP contribution in [-0.2, 0) is 16.0 Å². The summed E-state index contributed by atoms with van der Waals surface area (Å²) < 4.78 is 24.0. The molecule has 1 aliphatic heterocycles. The SMILES string of the molecule is CC(C)c1noc(CCCC(=O)N2CCOC(c3ccc(F)cc3)C2)n1. The van der Waals surface area contributed by atoms with E-state index in [4.69, 9.17) is 9.26 Å². The van der Waals surface area contributed by atoms with Crippen molar-refractivity contribution in [2.75, 3.05) is 19.7 Å². The van der Waals surface area contributed by atoms with E-state index in [0.29, 0.717) is 50.7 Å². The number of ether oxygens (including phenoxy) is 1. The average molecular weight is 361 g/mol. The van der Waals surface area contributed by atoms with Gasteiger partial charge in [-0.25, -0.2) is 4.39 Å². The number of aryl methyl sites for hydroxylation is 1. The molecule has 140 valence electrons. The Morgan fingerprint density at radius 2 is 2.12 bits per heavy atom. The largest absolute Gasteiger partial charge is 0.370 e. The van der Waals surface area contributed by atoms with Gasteiger partial charge in [-0.2, -0.15) is 4.98 Å². The van der Waals surface area contributed by atoms with E-state index in [2.05, 4.69) is 10.1 Å². The number of nitrogens with zero attached hydrogens (tertiary/aromatic N) is 3. The lowest BCUT2D eigenvalue weighted by atomic mass is 10.1. The fourth-order valence-corrected chi connectivity index (χ4v) is 2.91. The third kappa shape index (κ3) is 4.66. The Balaban J connectivity index is 1.48. The second-order valence-electron chi connectivity index (χ2n) is 6.81. The molecule has 0 aliphatic carbocycles. The van der Waals surface area contributed by atoms with Crippen LogP contribution in [0.25, 0.3) is 0 Å². The normalized spacial score (nSPS) is 17.7. The van der Waals surface area contributed by atoms with Gasteiger partial charge in [0.25, 0.3) is 0 Å². The Morgan fingerprint density at radius 1 is 1.35 bits per heavy atom. The maximum Gasteiger partial charge on any atom is 0.226 e. The van der Waals surface area contributed by atoms with Gasteiger partial charge in [0.2, 0.25) is 11.8 Å². The summed E-state index contributed by atoms with van der Waals surface area (Å²) in [7, 11) is 0. The van der Waals surface area contributed by atoms with Crippen LogP contribution in [0.5, 0.6) is 0 Å². The van der Waals surface area contributed by atoms with Crippen LogP contribution in [0, 0.1) is 5.82 Å². The monoisotopic (exact) mass is 361 g/mol. The second kappa shape index (κ2) is 8.40. The summed E-state index contributed by atoms with van der Waals surface area (Å²) in [6.07, 6.45) is 1.47. The van der Waals surface area contributed by atoms with E-state index in [9.17, 15) is 9.18 Å². The number of carbonyl (C=O) groups is 1. The van der Waals surface area contributed by atoms with Crippen LogP contribution in [0.2, 0.25) is 0 Å². The van der Waals surface area contributed by atoms with Gasteiger partial charge in [0.1, 0.15) is 11.9 Å². The number of rotatable bonds is 6. The molecule has 1 fully saturated rings. The summed E-state index contributed by atoms with van der Waals surface area (Å²) in [4.78, 5) is 18.6. The first-order chi connectivity index (χ1) is 12.5. The second-order valence-corrected chi connectivity index (χ2v) is 6.81. The number of amides is 1. The summed E-state index contributed by atoms with van der Waals surface area (Å²) in [5.74, 6) is 1.31. The van der Waals surface area contributed by atoms with Crippen molar-refractivity contribution in [2.45, 2.75) is 45.1 Å². The third-order valence-electron chi connectivity index (χ3n) is 4.44. The number of morpholine rings is 1. The van der Waals surface area contributed by atoms with Crippen LogP contribution in [0.3, 0.4) is 0 Å². The van der Waals surface area contributed by atoms with Gasteiger partial charge in [0, 0.05) is 25.3 Å². The van der Waals surface area contributed by atoms with Crippen LogP contribution in [0.1, 0.15) is 56.0 Å². The first-order valence-electron chi connectivity index (χ1n) is 9.00. The molecular formula is C19H24FN3O3. The highest BCUT2D eigenvalue weighted by atomic mass is 19.1. The standard InChI is InChI=1S/C19H24FN3O3/c1-13(2)19-21-17(26-22-19)4-3-5-18(24)23-10-11-25-16(12-23)14-6-8-15(20)9-7-14/h6-9,13,16H,3-5,10-12H2,1-2H3. The van der Waals surface area contributed by atoms with Crippen molar-refractivity contribution in [1.82, 2.24) is 15.0 Å². The van der Waals surface area contributed by atoms with Crippen molar-refractivity contribution in [3.05, 3.63) is 47.4 Å². The summed E-state index contributed by atoms with van der Waals surface area (Å²) >= 11 is 0. The molecule has 2 aromatic rings. The number of halogens is 1. The van der Waals surface area contributed by atoms with E-state index >= 15 is 0 Å². The fraction of sp³-hybridized carbons (Fsp3) is 0.526. The first kappa shape index (κ1) is 18.5. The maximum absolute atomic E-state index is 13.1. The Morgan fingerprint density at radius 3 is 2.81 bits per heavy atom. The zero-order chi connectivity index (χ0) is 18.5. The van der Waals surface area contributed by atoms with Gasteiger partial charge in [-0.1, -0.05) is 31.1 Å². The fourth-order valence-electron chi connectivity index (χ4n) is 2.91. The van der Waals surface area contributed by atoms with Crippen molar-refractivity contribution in [2.24, 2.45) is 0 Å². The minimum atomic E-state index is -0.279. The van der Waals surface area contributed by atoms with Crippen molar-refractivity contribution < 1.29 is 18.4 Å². The van der Waals surface area contributed by atoms with Crippen LogP contribution in [0.4, 0.5) is 4.39 Å². The van der Waals surface area contributed by atoms with Gasteiger partial charge in [-0.15, -0.1) is 0 Å². The first-order valence-corrected chi connectivity index (χ1v) is 9.00. The topological polar surface area (TPSA) is 68.5 Å². The van der Waals surface area contributed by atoms with Crippen molar-refractivity contribution in [3.8, 4) is 0 Å². The molecule has 7 heteroatoms. The lowest BCUT2D eigenvalue weighted by Gasteiger charge is -2.33. The smallest absolute Gasteiger partial charge is 0.226 e. The van der Waals surface area contributed by atoms with Crippen molar-refractivity contribution in [3.63, 3.8) is 0 Å². The van der Waals surface area contributed by atoms with Crippen LogP contribution < -0.4 is 0 Å². The van der Waals surface area contributed by atoms with E-state index < -0.39 is 0 Å². The van der Waals surface area contributed by atoms with Crippen LogP contribution in [0.15, 0.2) is 28.8 Å². The number of hydrogen-bond acceptors (Lipinski definition) is 5. The minimum absolute atomic E-state index is 0.0870. The summed E-state index contributed by atoms with van der Waals surface area (Å²) in [5, 5.41) is 3.93. The molecule has 1 saturated heterocycles. The lowest BCUT2D eigenvalue weighted by Crippen LogP contribution is -2.42. The lowest BCUT2D eigenvalue weighted by molar-refractivity contribution is -0.139. The predicted octanol–water partition coefficient (Wildman–Crippen LogP) is 3.25. The number of aromatic nitrogens is 2. The van der Waals surface area contributed by atoms with Gasteiger partial charge in [0.15, 0.2) is 5.82 Å². The molecule has 1 aliphatic rings. The number of carbonyl (C=O) groups excluding carboxylic acids is 1. The Kier molecular flexibility index (Phi) is 5.98. The highest BCUT2D eigenvalue weighted by Crippen LogP contribution is 2.23. The highest BCUT2D eigenvalue weighted by molar-refractivity contribution is 5.76. The van der Waals surface area contributed by atoms with Gasteiger partial charge in [-0.05, 0) is 24.1 Å². The molecule has 6 nitrogen and oxygen atoms in total. The molecular weight excluding hydrogens is 337 g/mol. The summed E-state index contributed by atoms with van der Waals surface area (Å²) in [5.41, 5.74) is 0.885. The van der Waals surface area contributed by atoms with Crippen molar-refractivity contribution >= 4 is 5.91 Å². The molecule has 0 spiro atoms. The molecule has 26 heavy (non-hydrogen) atoms. The summed E-state index contributed by atoms with van der Waals surface area (Å²) in [6.45, 7) is 5.56. The third-order valence-corrected chi connectivity index (χ3v) is 4.44. The zero-order valence-corrected chi connectivity index (χ0v) is 15.2. The minimum Gasteiger partial charge on any atom is -0.370 e. The van der Waals surface area contributed by atoms with Gasteiger partial charge >= 0.3 is 0 Å². The van der Waals surface area contributed by atoms with Gasteiger partial charge in [0.05, 0.1) is 13.2 Å².